The maximum atomic E-state index is 4.96. The zero-order chi connectivity index (χ0) is 6.81. The molecule has 1 heterocycles. The van der Waals surface area contributed by atoms with Crippen molar-refractivity contribution in [3.63, 3.8) is 0 Å². The molecule has 1 saturated carbocycles. The van der Waals surface area contributed by atoms with Crippen molar-refractivity contribution in [2.24, 2.45) is 5.92 Å². The van der Waals surface area contributed by atoms with Crippen LogP contribution in [0.1, 0.15) is 38.5 Å². The average molecular weight is 141 g/mol. The lowest BCUT2D eigenvalue weighted by Crippen LogP contribution is -2.09. The van der Waals surface area contributed by atoms with Gasteiger partial charge in [-0.15, -0.1) is 0 Å². The van der Waals surface area contributed by atoms with Crippen LogP contribution in [0.2, 0.25) is 0 Å². The summed E-state index contributed by atoms with van der Waals surface area (Å²) in [5.74, 6) is 0.953. The summed E-state index contributed by atoms with van der Waals surface area (Å²) in [5, 5.41) is 0. The number of hydroxylamine groups is 1. The molecule has 2 aliphatic rings. The van der Waals surface area contributed by atoms with Gasteiger partial charge in [0, 0.05) is 0 Å². The topological polar surface area (TPSA) is 34.5 Å². The monoisotopic (exact) mass is 141 g/mol. The van der Waals surface area contributed by atoms with Gasteiger partial charge in [0.2, 0.25) is 0 Å². The van der Waals surface area contributed by atoms with Crippen LogP contribution in [-0.2, 0) is 4.84 Å². The Kier molecular flexibility index (Phi) is 1.91. The standard InChI is InChI=1S/C8H15NO/c1-2-4-7(5-3-1)6-8-9-10-8/h7-9H,1-6H2. The van der Waals surface area contributed by atoms with Crippen LogP contribution in [-0.4, -0.2) is 6.23 Å². The van der Waals surface area contributed by atoms with Crippen LogP contribution >= 0.6 is 0 Å². The van der Waals surface area contributed by atoms with Gasteiger partial charge in [0.15, 0.2) is 6.23 Å². The van der Waals surface area contributed by atoms with Crippen LogP contribution in [0.25, 0.3) is 0 Å². The SMILES string of the molecule is C1CCC(CC2NO2)CC1. The Balaban J connectivity index is 1.69. The highest BCUT2D eigenvalue weighted by Crippen LogP contribution is 2.29. The lowest BCUT2D eigenvalue weighted by Gasteiger charge is -2.19. The molecule has 2 nitrogen and oxygen atoms in total. The Bertz CT molecular complexity index is 106. The first-order valence-electron chi connectivity index (χ1n) is 4.36. The molecule has 1 unspecified atom stereocenters. The molecule has 2 heteroatoms. The molecule has 0 amide bonds. The van der Waals surface area contributed by atoms with Crippen LogP contribution in [0.5, 0.6) is 0 Å². The zero-order valence-electron chi connectivity index (χ0n) is 6.31. The quantitative estimate of drug-likeness (QED) is 0.595. The van der Waals surface area contributed by atoms with E-state index in [0.29, 0.717) is 6.23 Å². The average Bonchev–Trinajstić information content (AvgIpc) is 2.74. The molecule has 0 aromatic heterocycles. The van der Waals surface area contributed by atoms with E-state index < -0.39 is 0 Å². The lowest BCUT2D eigenvalue weighted by atomic mass is 9.87. The fourth-order valence-electron chi connectivity index (χ4n) is 1.87. The number of nitrogens with one attached hydrogen (secondary N) is 1. The Labute approximate surface area is 61.9 Å². The summed E-state index contributed by atoms with van der Waals surface area (Å²) in [7, 11) is 0. The molecule has 2 fully saturated rings. The van der Waals surface area contributed by atoms with Gasteiger partial charge in [0.25, 0.3) is 0 Å². The minimum atomic E-state index is 0.420. The second-order valence-electron chi connectivity index (χ2n) is 3.46. The third-order valence-electron chi connectivity index (χ3n) is 2.56. The van der Waals surface area contributed by atoms with Gasteiger partial charge in [-0.2, -0.15) is 5.48 Å². The highest BCUT2D eigenvalue weighted by Gasteiger charge is 2.26. The molecular formula is C8H15NO. The van der Waals surface area contributed by atoms with Crippen LogP contribution in [0.4, 0.5) is 0 Å². The fraction of sp³-hybridized carbons (Fsp3) is 1.00. The first-order chi connectivity index (χ1) is 4.95. The van der Waals surface area contributed by atoms with Gasteiger partial charge in [-0.1, -0.05) is 32.1 Å². The van der Waals surface area contributed by atoms with Gasteiger partial charge in [-0.3, -0.25) is 4.84 Å². The smallest absolute Gasteiger partial charge is 0.151 e. The van der Waals surface area contributed by atoms with E-state index in [-0.39, 0.29) is 0 Å². The molecule has 10 heavy (non-hydrogen) atoms. The van der Waals surface area contributed by atoms with E-state index >= 15 is 0 Å². The molecule has 2 rings (SSSR count). The minimum absolute atomic E-state index is 0.420. The van der Waals surface area contributed by atoms with E-state index in [1.165, 1.54) is 38.5 Å². The fourth-order valence-corrected chi connectivity index (χ4v) is 1.87. The van der Waals surface area contributed by atoms with Crippen LogP contribution < -0.4 is 5.48 Å². The van der Waals surface area contributed by atoms with E-state index in [1.54, 1.807) is 0 Å². The van der Waals surface area contributed by atoms with E-state index in [1.807, 2.05) is 0 Å². The van der Waals surface area contributed by atoms with Gasteiger partial charge in [0.05, 0.1) is 0 Å². The first-order valence-corrected chi connectivity index (χ1v) is 4.36. The molecular weight excluding hydrogens is 126 g/mol. The first kappa shape index (κ1) is 6.62. The Morgan fingerprint density at radius 2 is 1.90 bits per heavy atom. The largest absolute Gasteiger partial charge is 0.278 e. The Morgan fingerprint density at radius 1 is 1.20 bits per heavy atom. The normalized spacial score (nSPS) is 34.2. The summed E-state index contributed by atoms with van der Waals surface area (Å²) in [6, 6.07) is 0. The second kappa shape index (κ2) is 2.89. The van der Waals surface area contributed by atoms with Crippen molar-refractivity contribution in [3.8, 4) is 0 Å². The van der Waals surface area contributed by atoms with E-state index in [9.17, 15) is 0 Å². The predicted octanol–water partition coefficient (Wildman–Crippen LogP) is 1.82. The number of hydrogen-bond donors (Lipinski definition) is 1. The number of rotatable bonds is 2. The van der Waals surface area contributed by atoms with Crippen molar-refractivity contribution < 1.29 is 4.84 Å². The van der Waals surface area contributed by atoms with E-state index in [0.717, 1.165) is 5.92 Å². The van der Waals surface area contributed by atoms with Crippen LogP contribution in [0.15, 0.2) is 0 Å². The molecule has 1 aliphatic heterocycles. The molecule has 1 aliphatic carbocycles. The zero-order valence-corrected chi connectivity index (χ0v) is 6.31. The van der Waals surface area contributed by atoms with Crippen molar-refractivity contribution in [1.82, 2.24) is 5.48 Å². The highest BCUT2D eigenvalue weighted by atomic mass is 16.8. The summed E-state index contributed by atoms with van der Waals surface area (Å²) >= 11 is 0. The second-order valence-corrected chi connectivity index (χ2v) is 3.46. The molecule has 58 valence electrons. The minimum Gasteiger partial charge on any atom is -0.278 e. The summed E-state index contributed by atoms with van der Waals surface area (Å²) in [6.45, 7) is 0. The van der Waals surface area contributed by atoms with Crippen molar-refractivity contribution in [1.29, 1.82) is 0 Å². The van der Waals surface area contributed by atoms with Crippen molar-refractivity contribution in [2.75, 3.05) is 0 Å². The van der Waals surface area contributed by atoms with Gasteiger partial charge in [-0.05, 0) is 12.3 Å². The highest BCUT2D eigenvalue weighted by molar-refractivity contribution is 4.71. The molecule has 0 radical (unpaired) electrons. The van der Waals surface area contributed by atoms with Crippen LogP contribution in [0, 0.1) is 5.92 Å². The summed E-state index contributed by atoms with van der Waals surface area (Å²) in [5.41, 5.74) is 2.88. The van der Waals surface area contributed by atoms with Crippen molar-refractivity contribution >= 4 is 0 Å². The van der Waals surface area contributed by atoms with E-state index in [2.05, 4.69) is 5.48 Å². The maximum absolute atomic E-state index is 4.96. The molecule has 0 aromatic carbocycles. The summed E-state index contributed by atoms with van der Waals surface area (Å²) in [6.07, 6.45) is 8.87. The van der Waals surface area contributed by atoms with Crippen molar-refractivity contribution in [2.45, 2.75) is 44.8 Å². The van der Waals surface area contributed by atoms with Gasteiger partial charge in [0.1, 0.15) is 0 Å². The molecule has 0 bridgehead atoms. The van der Waals surface area contributed by atoms with Gasteiger partial charge < -0.3 is 0 Å². The van der Waals surface area contributed by atoms with Crippen LogP contribution in [0.3, 0.4) is 0 Å². The van der Waals surface area contributed by atoms with Crippen molar-refractivity contribution in [3.05, 3.63) is 0 Å². The van der Waals surface area contributed by atoms with E-state index in [4.69, 9.17) is 4.84 Å². The summed E-state index contributed by atoms with van der Waals surface area (Å²) < 4.78 is 0. The third-order valence-corrected chi connectivity index (χ3v) is 2.56. The molecule has 1 atom stereocenters. The lowest BCUT2D eigenvalue weighted by molar-refractivity contribution is 0.288. The third kappa shape index (κ3) is 1.70. The molecule has 0 aromatic rings. The molecule has 1 N–H and O–H groups in total. The predicted molar refractivity (Wildman–Crippen MR) is 39.2 cm³/mol. The Morgan fingerprint density at radius 3 is 2.50 bits per heavy atom. The number of hydrogen-bond acceptors (Lipinski definition) is 2. The van der Waals surface area contributed by atoms with Gasteiger partial charge >= 0.3 is 0 Å². The molecule has 1 saturated heterocycles. The summed E-state index contributed by atoms with van der Waals surface area (Å²) in [4.78, 5) is 4.96. The maximum Gasteiger partial charge on any atom is 0.151 e. The van der Waals surface area contributed by atoms with Gasteiger partial charge in [-0.25, -0.2) is 0 Å². The molecule has 0 spiro atoms. The Hall–Kier alpha value is -0.0800.